The van der Waals surface area contributed by atoms with Gasteiger partial charge in [-0.1, -0.05) is 258 Å². The molecule has 0 saturated carbocycles. The van der Waals surface area contributed by atoms with Crippen LogP contribution >= 0.6 is 7.82 Å². The van der Waals surface area contributed by atoms with Crippen molar-refractivity contribution < 1.29 is 37.3 Å². The predicted octanol–water partition coefficient (Wildman–Crippen LogP) is 16.2. The van der Waals surface area contributed by atoms with Gasteiger partial charge in [-0.05, 0) is 12.8 Å². The van der Waals surface area contributed by atoms with Gasteiger partial charge < -0.3 is 27.9 Å². The van der Waals surface area contributed by atoms with Crippen LogP contribution in [0.25, 0.3) is 0 Å². The van der Waals surface area contributed by atoms with Crippen LogP contribution in [-0.2, 0) is 27.9 Å². The lowest BCUT2D eigenvalue weighted by Gasteiger charge is -2.28. The van der Waals surface area contributed by atoms with Crippen LogP contribution in [0.4, 0.5) is 0 Å². The average molecular weight is 902 g/mol. The Hall–Kier alpha value is -0.500. The summed E-state index contributed by atoms with van der Waals surface area (Å²) < 4.78 is 34.8. The van der Waals surface area contributed by atoms with Gasteiger partial charge in [0.25, 0.3) is 7.82 Å². The summed E-state index contributed by atoms with van der Waals surface area (Å²) in [7, 11) is 1.38. The van der Waals surface area contributed by atoms with Gasteiger partial charge in [-0.2, -0.15) is 0 Å². The summed E-state index contributed by atoms with van der Waals surface area (Å²) in [5.41, 5.74) is 0. The lowest BCUT2D eigenvalue weighted by atomic mass is 10.0. The molecule has 0 amide bonds. The lowest BCUT2D eigenvalue weighted by molar-refractivity contribution is -0.870. The third-order valence-corrected chi connectivity index (χ3v) is 13.4. The van der Waals surface area contributed by atoms with Gasteiger partial charge in [-0.3, -0.25) is 9.36 Å². The molecule has 0 saturated heterocycles. The molecule has 0 aliphatic carbocycles. The van der Waals surface area contributed by atoms with Crippen LogP contribution in [0.15, 0.2) is 0 Å². The number of carbonyl (C=O) groups is 1. The molecule has 0 aliphatic rings. The monoisotopic (exact) mass is 902 g/mol. The van der Waals surface area contributed by atoms with Gasteiger partial charge in [0.05, 0.1) is 34.4 Å². The van der Waals surface area contributed by atoms with Gasteiger partial charge in [-0.15, -0.1) is 0 Å². The summed E-state index contributed by atoms with van der Waals surface area (Å²) in [4.78, 5) is 25.2. The van der Waals surface area contributed by atoms with E-state index in [0.717, 1.165) is 32.1 Å². The number of likely N-dealkylation sites (N-methyl/N-ethyl adjacent to an activating group) is 1. The molecule has 372 valence electrons. The molecule has 1 unspecified atom stereocenters. The third kappa shape index (κ3) is 50.5. The molecule has 0 N–H and O–H groups in total. The van der Waals surface area contributed by atoms with Crippen molar-refractivity contribution >= 4 is 13.8 Å². The number of nitrogens with zero attached hydrogens (tertiary/aromatic N) is 1. The van der Waals surface area contributed by atoms with Crippen LogP contribution in [0, 0.1) is 0 Å². The van der Waals surface area contributed by atoms with E-state index in [9.17, 15) is 14.3 Å². The highest BCUT2D eigenvalue weighted by molar-refractivity contribution is 7.45. The van der Waals surface area contributed by atoms with Crippen molar-refractivity contribution in [2.75, 3.05) is 54.1 Å². The maximum Gasteiger partial charge on any atom is 0.306 e. The predicted molar refractivity (Wildman–Crippen MR) is 264 cm³/mol. The molecule has 0 aromatic rings. The number of unbranched alkanes of at least 4 members (excludes halogenated alkanes) is 38. The van der Waals surface area contributed by atoms with Crippen molar-refractivity contribution in [1.82, 2.24) is 0 Å². The van der Waals surface area contributed by atoms with E-state index in [1.807, 2.05) is 21.1 Å². The molecule has 0 spiro atoms. The van der Waals surface area contributed by atoms with Crippen molar-refractivity contribution in [3.63, 3.8) is 0 Å². The first kappa shape index (κ1) is 61.5. The van der Waals surface area contributed by atoms with Crippen LogP contribution in [0.5, 0.6) is 0 Å². The Kier molecular flexibility index (Phi) is 46.6. The van der Waals surface area contributed by atoms with E-state index >= 15 is 0 Å². The van der Waals surface area contributed by atoms with Gasteiger partial charge in [0.15, 0.2) is 0 Å². The van der Waals surface area contributed by atoms with Gasteiger partial charge in [0, 0.05) is 13.0 Å². The minimum absolute atomic E-state index is 0.0317. The fraction of sp³-hybridized carbons (Fsp3) is 0.981. The van der Waals surface area contributed by atoms with Gasteiger partial charge >= 0.3 is 5.97 Å². The van der Waals surface area contributed by atoms with E-state index in [2.05, 4.69) is 13.8 Å². The Morgan fingerprint density at radius 3 is 1.06 bits per heavy atom. The van der Waals surface area contributed by atoms with E-state index in [4.69, 9.17) is 18.5 Å². The summed E-state index contributed by atoms with van der Waals surface area (Å²) in [6.45, 7) is 5.49. The molecule has 0 aromatic carbocycles. The number of hydrogen-bond donors (Lipinski definition) is 0. The quantitative estimate of drug-likeness (QED) is 0.0260. The summed E-state index contributed by atoms with van der Waals surface area (Å²) in [5, 5.41) is 0. The topological polar surface area (TPSA) is 94.1 Å². The van der Waals surface area contributed by atoms with E-state index < -0.39 is 13.9 Å². The number of carbonyl (C=O) groups excluding carboxylic acids is 1. The minimum atomic E-state index is -4.52. The molecular formula is C53H108NO7P. The molecule has 0 heterocycles. The van der Waals surface area contributed by atoms with E-state index in [1.54, 1.807) is 0 Å². The van der Waals surface area contributed by atoms with Crippen LogP contribution in [-0.4, -0.2) is 70.7 Å². The van der Waals surface area contributed by atoms with E-state index in [1.165, 1.54) is 225 Å². The molecule has 2 atom stereocenters. The Morgan fingerprint density at radius 1 is 0.435 bits per heavy atom. The summed E-state index contributed by atoms with van der Waals surface area (Å²) in [6, 6.07) is 0. The fourth-order valence-corrected chi connectivity index (χ4v) is 8.93. The maximum absolute atomic E-state index is 12.8. The van der Waals surface area contributed by atoms with Gasteiger partial charge in [0.2, 0.25) is 0 Å². The Bertz CT molecular complexity index is 961. The average Bonchev–Trinajstić information content (AvgIpc) is 3.23. The minimum Gasteiger partial charge on any atom is -0.756 e. The normalized spacial score (nSPS) is 13.5. The van der Waals surface area contributed by atoms with Crippen LogP contribution < -0.4 is 4.89 Å². The molecule has 0 bridgehead atoms. The van der Waals surface area contributed by atoms with Crippen molar-refractivity contribution in [3.05, 3.63) is 0 Å². The van der Waals surface area contributed by atoms with Gasteiger partial charge in [-0.25, -0.2) is 0 Å². The molecule has 0 aromatic heterocycles. The largest absolute Gasteiger partial charge is 0.756 e. The second kappa shape index (κ2) is 47.0. The number of phosphoric ester groups is 1. The second-order valence-electron chi connectivity index (χ2n) is 20.0. The molecule has 9 heteroatoms. The number of phosphoric acid groups is 1. The Balaban J connectivity index is 3.97. The summed E-state index contributed by atoms with van der Waals surface area (Å²) in [6.07, 6.45) is 52.8. The van der Waals surface area contributed by atoms with Crippen molar-refractivity contribution in [1.29, 1.82) is 0 Å². The van der Waals surface area contributed by atoms with Crippen molar-refractivity contribution in [3.8, 4) is 0 Å². The first-order chi connectivity index (χ1) is 30.1. The van der Waals surface area contributed by atoms with Crippen molar-refractivity contribution in [2.24, 2.45) is 0 Å². The lowest BCUT2D eigenvalue weighted by Crippen LogP contribution is -2.37. The van der Waals surface area contributed by atoms with Crippen LogP contribution in [0.2, 0.25) is 0 Å². The van der Waals surface area contributed by atoms with Crippen LogP contribution in [0.3, 0.4) is 0 Å². The first-order valence-corrected chi connectivity index (χ1v) is 28.7. The number of esters is 1. The number of hydrogen-bond acceptors (Lipinski definition) is 7. The molecule has 0 aliphatic heterocycles. The SMILES string of the molecule is CCCCCCCCCCCCCCCCCCCCCCCCCCCCC(=O)O[C@H](COCCCCCCCCCCCCCCCC)COP(=O)([O-])OCC[N+](C)(C)C. The third-order valence-electron chi connectivity index (χ3n) is 12.4. The second-order valence-corrected chi connectivity index (χ2v) is 21.4. The highest BCUT2D eigenvalue weighted by Crippen LogP contribution is 2.38. The molecular weight excluding hydrogens is 794 g/mol. The van der Waals surface area contributed by atoms with E-state index in [-0.39, 0.29) is 25.8 Å². The van der Waals surface area contributed by atoms with Gasteiger partial charge in [0.1, 0.15) is 19.3 Å². The molecule has 0 radical (unpaired) electrons. The van der Waals surface area contributed by atoms with E-state index in [0.29, 0.717) is 24.1 Å². The van der Waals surface area contributed by atoms with Crippen molar-refractivity contribution in [2.45, 2.75) is 283 Å². The highest BCUT2D eigenvalue weighted by Gasteiger charge is 2.20. The molecule has 8 nitrogen and oxygen atoms in total. The molecule has 0 fully saturated rings. The zero-order valence-corrected chi connectivity index (χ0v) is 43.3. The zero-order chi connectivity index (χ0) is 45.5. The number of quaternary nitrogens is 1. The molecule has 0 rings (SSSR count). The smallest absolute Gasteiger partial charge is 0.306 e. The zero-order valence-electron chi connectivity index (χ0n) is 42.4. The fourth-order valence-electron chi connectivity index (χ4n) is 8.20. The Morgan fingerprint density at radius 2 is 0.742 bits per heavy atom. The molecule has 62 heavy (non-hydrogen) atoms. The Labute approximate surface area is 387 Å². The summed E-state index contributed by atoms with van der Waals surface area (Å²) >= 11 is 0. The standard InChI is InChI=1S/C53H108NO7P/c1-6-8-10-12-14-16-18-20-22-23-24-25-26-27-28-29-30-31-32-33-34-36-38-40-42-44-46-53(55)61-52(51-60-62(56,57)59-49-47-54(3,4)5)50-58-48-45-43-41-39-37-35-21-19-17-15-13-11-9-7-2/h52H,6-51H2,1-5H3/t52-/m1/s1. The number of rotatable bonds is 52. The highest BCUT2D eigenvalue weighted by atomic mass is 31.2. The maximum atomic E-state index is 12.8. The summed E-state index contributed by atoms with van der Waals surface area (Å²) in [5.74, 6) is -0.324. The van der Waals surface area contributed by atoms with Crippen LogP contribution in [0.1, 0.15) is 277 Å². The number of ether oxygens (including phenoxy) is 2. The first-order valence-electron chi connectivity index (χ1n) is 27.3.